The summed E-state index contributed by atoms with van der Waals surface area (Å²) in [5.41, 5.74) is 0.640. The Labute approximate surface area is 108 Å². The molecule has 1 aromatic heterocycles. The van der Waals surface area contributed by atoms with E-state index in [4.69, 9.17) is 11.6 Å². The number of benzene rings is 1. The molecule has 90 valence electrons. The highest BCUT2D eigenvalue weighted by Gasteiger charge is 2.11. The van der Waals surface area contributed by atoms with Crippen molar-refractivity contribution in [1.82, 2.24) is 9.36 Å². The van der Waals surface area contributed by atoms with Crippen molar-refractivity contribution in [3.05, 3.63) is 29.0 Å². The molecule has 0 spiro atoms. The van der Waals surface area contributed by atoms with Gasteiger partial charge in [0.05, 0.1) is 5.02 Å². The summed E-state index contributed by atoms with van der Waals surface area (Å²) >= 11 is 7.20. The van der Waals surface area contributed by atoms with Gasteiger partial charge in [-0.05, 0) is 32.0 Å². The number of anilines is 1. The Kier molecular flexibility index (Phi) is 3.59. The normalized spacial score (nSPS) is 10.9. The quantitative estimate of drug-likeness (QED) is 0.922. The lowest BCUT2D eigenvalue weighted by molar-refractivity contribution is 0.628. The lowest BCUT2D eigenvalue weighted by atomic mass is 10.2. The van der Waals surface area contributed by atoms with Crippen LogP contribution in [0.4, 0.5) is 9.52 Å². The maximum Gasteiger partial charge on any atom is 0.203 e. The highest BCUT2D eigenvalue weighted by Crippen LogP contribution is 2.28. The fraction of sp³-hybridized carbons (Fsp3) is 0.273. The average Bonchev–Trinajstić information content (AvgIpc) is 2.65. The van der Waals surface area contributed by atoms with Crippen LogP contribution in [0, 0.1) is 5.82 Å². The number of hydrogen-bond donors (Lipinski definition) is 1. The maximum atomic E-state index is 12.9. The Morgan fingerprint density at radius 2 is 2.18 bits per heavy atom. The zero-order chi connectivity index (χ0) is 12.4. The zero-order valence-corrected chi connectivity index (χ0v) is 10.9. The van der Waals surface area contributed by atoms with Crippen molar-refractivity contribution in [3.8, 4) is 11.4 Å². The van der Waals surface area contributed by atoms with Crippen molar-refractivity contribution in [3.63, 3.8) is 0 Å². The van der Waals surface area contributed by atoms with Crippen LogP contribution in [0.15, 0.2) is 18.2 Å². The molecular weight excluding hydrogens is 261 g/mol. The molecule has 0 radical (unpaired) electrons. The van der Waals surface area contributed by atoms with Crippen molar-refractivity contribution in [2.45, 2.75) is 19.9 Å². The Balaban J connectivity index is 2.30. The molecule has 0 saturated heterocycles. The van der Waals surface area contributed by atoms with Gasteiger partial charge in [0.25, 0.3) is 0 Å². The van der Waals surface area contributed by atoms with Crippen LogP contribution >= 0.6 is 23.1 Å². The smallest absolute Gasteiger partial charge is 0.203 e. The van der Waals surface area contributed by atoms with E-state index in [9.17, 15) is 4.39 Å². The van der Waals surface area contributed by atoms with E-state index >= 15 is 0 Å². The van der Waals surface area contributed by atoms with Gasteiger partial charge in [-0.3, -0.25) is 0 Å². The molecule has 2 aromatic rings. The lowest BCUT2D eigenvalue weighted by Crippen LogP contribution is -2.08. The highest BCUT2D eigenvalue weighted by molar-refractivity contribution is 7.09. The Morgan fingerprint density at radius 1 is 1.41 bits per heavy atom. The van der Waals surface area contributed by atoms with Crippen molar-refractivity contribution >= 4 is 28.3 Å². The zero-order valence-electron chi connectivity index (χ0n) is 9.37. The summed E-state index contributed by atoms with van der Waals surface area (Å²) in [5, 5.41) is 4.20. The Bertz CT molecular complexity index is 527. The van der Waals surface area contributed by atoms with E-state index in [1.165, 1.54) is 23.7 Å². The van der Waals surface area contributed by atoms with E-state index in [0.29, 0.717) is 22.5 Å². The summed E-state index contributed by atoms with van der Waals surface area (Å²) in [7, 11) is 0. The van der Waals surface area contributed by atoms with Crippen molar-refractivity contribution < 1.29 is 4.39 Å². The SMILES string of the molecule is CC(C)Nc1nc(-c2ccc(F)cc2Cl)ns1. The van der Waals surface area contributed by atoms with Crippen LogP contribution in [0.5, 0.6) is 0 Å². The van der Waals surface area contributed by atoms with E-state index in [-0.39, 0.29) is 5.82 Å². The molecule has 0 bridgehead atoms. The number of nitrogens with one attached hydrogen (secondary N) is 1. The molecule has 3 nitrogen and oxygen atoms in total. The summed E-state index contributed by atoms with van der Waals surface area (Å²) < 4.78 is 17.1. The molecule has 0 aliphatic carbocycles. The van der Waals surface area contributed by atoms with Crippen molar-refractivity contribution in [2.75, 3.05) is 5.32 Å². The molecule has 6 heteroatoms. The molecule has 0 saturated carbocycles. The van der Waals surface area contributed by atoms with Gasteiger partial charge in [-0.15, -0.1) is 0 Å². The third-order valence-corrected chi connectivity index (χ3v) is 2.97. The molecule has 2 rings (SSSR count). The predicted molar refractivity (Wildman–Crippen MR) is 69.1 cm³/mol. The minimum atomic E-state index is -0.366. The summed E-state index contributed by atoms with van der Waals surface area (Å²) in [6, 6.07) is 4.48. The van der Waals surface area contributed by atoms with Crippen LogP contribution in [0.25, 0.3) is 11.4 Å². The average molecular weight is 272 g/mol. The standard InChI is InChI=1S/C11H11ClFN3S/c1-6(2)14-11-15-10(16-17-11)8-4-3-7(13)5-9(8)12/h3-6H,1-2H3,(H,14,15,16). The first kappa shape index (κ1) is 12.3. The molecule has 0 fully saturated rings. The van der Waals surface area contributed by atoms with Gasteiger partial charge in [-0.2, -0.15) is 9.36 Å². The first-order valence-electron chi connectivity index (χ1n) is 5.12. The maximum absolute atomic E-state index is 12.9. The van der Waals surface area contributed by atoms with Crippen LogP contribution in [0.3, 0.4) is 0 Å². The molecule has 0 amide bonds. The van der Waals surface area contributed by atoms with Gasteiger partial charge >= 0.3 is 0 Å². The summed E-state index contributed by atoms with van der Waals surface area (Å²) in [6.45, 7) is 4.04. The second-order valence-electron chi connectivity index (χ2n) is 3.85. The van der Waals surface area contributed by atoms with Gasteiger partial charge in [0.1, 0.15) is 5.82 Å². The fourth-order valence-electron chi connectivity index (χ4n) is 1.31. The van der Waals surface area contributed by atoms with Gasteiger partial charge in [-0.1, -0.05) is 11.6 Å². The van der Waals surface area contributed by atoms with E-state index in [1.807, 2.05) is 13.8 Å². The van der Waals surface area contributed by atoms with Crippen molar-refractivity contribution in [1.29, 1.82) is 0 Å². The summed E-state index contributed by atoms with van der Waals surface area (Å²) in [5.74, 6) is 0.151. The first-order chi connectivity index (χ1) is 8.06. The number of halogens is 2. The van der Waals surface area contributed by atoms with Crippen LogP contribution in [0.1, 0.15) is 13.8 Å². The van der Waals surface area contributed by atoms with Crippen LogP contribution in [-0.4, -0.2) is 15.4 Å². The minimum absolute atomic E-state index is 0.291. The molecule has 0 unspecified atom stereocenters. The summed E-state index contributed by atoms with van der Waals surface area (Å²) in [4.78, 5) is 4.30. The van der Waals surface area contributed by atoms with Gasteiger partial charge in [0.15, 0.2) is 5.82 Å². The van der Waals surface area contributed by atoms with Gasteiger partial charge < -0.3 is 5.32 Å². The first-order valence-corrected chi connectivity index (χ1v) is 6.27. The topological polar surface area (TPSA) is 37.8 Å². The van der Waals surface area contributed by atoms with E-state index in [0.717, 1.165) is 5.13 Å². The third-order valence-electron chi connectivity index (χ3n) is 2.01. The number of rotatable bonds is 3. The van der Waals surface area contributed by atoms with E-state index < -0.39 is 0 Å². The number of hydrogen-bond acceptors (Lipinski definition) is 4. The molecule has 0 aliphatic heterocycles. The Hall–Kier alpha value is -1.20. The van der Waals surface area contributed by atoms with Gasteiger partial charge in [0, 0.05) is 23.1 Å². The molecule has 1 aromatic carbocycles. The Morgan fingerprint density at radius 3 is 2.82 bits per heavy atom. The van der Waals surface area contributed by atoms with Gasteiger partial charge in [-0.25, -0.2) is 4.39 Å². The van der Waals surface area contributed by atoms with Crippen LogP contribution in [-0.2, 0) is 0 Å². The van der Waals surface area contributed by atoms with Crippen molar-refractivity contribution in [2.24, 2.45) is 0 Å². The summed E-state index contributed by atoms with van der Waals surface area (Å²) in [6.07, 6.45) is 0. The molecule has 17 heavy (non-hydrogen) atoms. The fourth-order valence-corrected chi connectivity index (χ4v) is 2.29. The largest absolute Gasteiger partial charge is 0.358 e. The predicted octanol–water partition coefficient (Wildman–Crippen LogP) is 3.82. The molecular formula is C11H11ClFN3S. The molecule has 0 atom stereocenters. The van der Waals surface area contributed by atoms with E-state index in [1.54, 1.807) is 6.07 Å². The lowest BCUT2D eigenvalue weighted by Gasteiger charge is -2.03. The second kappa shape index (κ2) is 4.98. The molecule has 1 N–H and O–H groups in total. The molecule has 0 aliphatic rings. The highest BCUT2D eigenvalue weighted by atomic mass is 35.5. The van der Waals surface area contributed by atoms with E-state index in [2.05, 4.69) is 14.7 Å². The van der Waals surface area contributed by atoms with Gasteiger partial charge in [0.2, 0.25) is 5.13 Å². The molecule has 1 heterocycles. The second-order valence-corrected chi connectivity index (χ2v) is 5.01. The minimum Gasteiger partial charge on any atom is -0.358 e. The number of nitrogens with zero attached hydrogens (tertiary/aromatic N) is 2. The van der Waals surface area contributed by atoms with Crippen LogP contribution in [0.2, 0.25) is 5.02 Å². The third kappa shape index (κ3) is 2.92. The number of aromatic nitrogens is 2. The monoisotopic (exact) mass is 271 g/mol. The van der Waals surface area contributed by atoms with Crippen LogP contribution < -0.4 is 5.32 Å².